The molecule has 0 saturated carbocycles. The van der Waals surface area contributed by atoms with Crippen molar-refractivity contribution in [1.82, 2.24) is 20.4 Å². The van der Waals surface area contributed by atoms with Crippen LogP contribution in [0.15, 0.2) is 54.6 Å². The van der Waals surface area contributed by atoms with Crippen molar-refractivity contribution in [2.75, 3.05) is 32.8 Å². The van der Waals surface area contributed by atoms with Crippen LogP contribution in [0.1, 0.15) is 35.3 Å². The van der Waals surface area contributed by atoms with Crippen LogP contribution in [0.2, 0.25) is 0 Å². The first kappa shape index (κ1) is 24.3. The van der Waals surface area contributed by atoms with Gasteiger partial charge in [0.1, 0.15) is 0 Å². The van der Waals surface area contributed by atoms with E-state index in [-0.39, 0.29) is 24.6 Å². The largest absolute Gasteiger partial charge is 0.452 e. The Morgan fingerprint density at radius 3 is 2.21 bits per heavy atom. The number of carbonyl (C=O) groups excluding carboxylic acids is 3. The molecule has 176 valence electrons. The summed E-state index contributed by atoms with van der Waals surface area (Å²) in [5.74, 6) is -0.720. The first-order valence-corrected chi connectivity index (χ1v) is 11.2. The van der Waals surface area contributed by atoms with E-state index in [2.05, 4.69) is 27.7 Å². The summed E-state index contributed by atoms with van der Waals surface area (Å²) in [6.07, 6.45) is 0. The monoisotopic (exact) mass is 452 g/mol. The SMILES string of the molecule is CC(C)NC(=O)NCc1ccc(C(=O)OCC(=O)N2CCN(Cc3ccccc3)CC2)cc1. The van der Waals surface area contributed by atoms with Crippen molar-refractivity contribution >= 4 is 17.9 Å². The Labute approximate surface area is 194 Å². The van der Waals surface area contributed by atoms with Gasteiger partial charge in [0.25, 0.3) is 5.91 Å². The molecule has 0 aromatic heterocycles. The molecular weight excluding hydrogens is 420 g/mol. The maximum absolute atomic E-state index is 12.5. The predicted molar refractivity (Wildman–Crippen MR) is 126 cm³/mol. The minimum atomic E-state index is -0.539. The molecular formula is C25H32N4O4. The fraction of sp³-hybridized carbons (Fsp3) is 0.400. The van der Waals surface area contributed by atoms with E-state index >= 15 is 0 Å². The molecule has 0 radical (unpaired) electrons. The molecule has 33 heavy (non-hydrogen) atoms. The molecule has 0 spiro atoms. The molecule has 0 aliphatic carbocycles. The number of amides is 3. The van der Waals surface area contributed by atoms with Gasteiger partial charge in [0.15, 0.2) is 6.61 Å². The van der Waals surface area contributed by atoms with Crippen LogP contribution in [0.3, 0.4) is 0 Å². The lowest BCUT2D eigenvalue weighted by atomic mass is 10.1. The topological polar surface area (TPSA) is 91.0 Å². The van der Waals surface area contributed by atoms with Gasteiger partial charge in [-0.15, -0.1) is 0 Å². The Kier molecular flexibility index (Phi) is 8.83. The van der Waals surface area contributed by atoms with Gasteiger partial charge in [0.05, 0.1) is 5.56 Å². The lowest BCUT2D eigenvalue weighted by Crippen LogP contribution is -2.49. The number of nitrogens with one attached hydrogen (secondary N) is 2. The average Bonchev–Trinajstić information content (AvgIpc) is 2.82. The van der Waals surface area contributed by atoms with Crippen LogP contribution in [0.5, 0.6) is 0 Å². The molecule has 8 heteroatoms. The second-order valence-electron chi connectivity index (χ2n) is 8.40. The fourth-order valence-corrected chi connectivity index (χ4v) is 3.55. The highest BCUT2D eigenvalue weighted by Crippen LogP contribution is 2.10. The Morgan fingerprint density at radius 1 is 0.909 bits per heavy atom. The second kappa shape index (κ2) is 12.0. The number of benzene rings is 2. The first-order chi connectivity index (χ1) is 15.9. The smallest absolute Gasteiger partial charge is 0.338 e. The Bertz CT molecular complexity index is 923. The van der Waals surface area contributed by atoms with Crippen molar-refractivity contribution in [2.24, 2.45) is 0 Å². The summed E-state index contributed by atoms with van der Waals surface area (Å²) in [5, 5.41) is 5.50. The van der Waals surface area contributed by atoms with Crippen LogP contribution in [-0.2, 0) is 22.6 Å². The zero-order valence-corrected chi connectivity index (χ0v) is 19.3. The van der Waals surface area contributed by atoms with Gasteiger partial charge < -0.3 is 20.3 Å². The van der Waals surface area contributed by atoms with Crippen LogP contribution in [-0.4, -0.2) is 66.5 Å². The molecule has 2 N–H and O–H groups in total. The van der Waals surface area contributed by atoms with Gasteiger partial charge in [-0.3, -0.25) is 9.69 Å². The van der Waals surface area contributed by atoms with Crippen molar-refractivity contribution < 1.29 is 19.1 Å². The van der Waals surface area contributed by atoms with Crippen LogP contribution in [0.25, 0.3) is 0 Å². The van der Waals surface area contributed by atoms with Gasteiger partial charge in [-0.2, -0.15) is 0 Å². The Hall–Kier alpha value is -3.39. The average molecular weight is 453 g/mol. The third-order valence-corrected chi connectivity index (χ3v) is 5.36. The highest BCUT2D eigenvalue weighted by atomic mass is 16.5. The minimum absolute atomic E-state index is 0.0584. The molecule has 3 amide bonds. The fourth-order valence-electron chi connectivity index (χ4n) is 3.55. The molecule has 1 fully saturated rings. The summed E-state index contributed by atoms with van der Waals surface area (Å²) in [5.41, 5.74) is 2.48. The van der Waals surface area contributed by atoms with Gasteiger partial charge in [-0.25, -0.2) is 9.59 Å². The normalized spacial score (nSPS) is 14.1. The van der Waals surface area contributed by atoms with E-state index in [9.17, 15) is 14.4 Å². The molecule has 0 atom stereocenters. The number of hydrogen-bond donors (Lipinski definition) is 2. The summed E-state index contributed by atoms with van der Waals surface area (Å²) >= 11 is 0. The third-order valence-electron chi connectivity index (χ3n) is 5.36. The first-order valence-electron chi connectivity index (χ1n) is 11.2. The quantitative estimate of drug-likeness (QED) is 0.600. The number of urea groups is 1. The highest BCUT2D eigenvalue weighted by Gasteiger charge is 2.22. The summed E-state index contributed by atoms with van der Waals surface area (Å²) in [6.45, 7) is 7.54. The number of carbonyl (C=O) groups is 3. The van der Waals surface area contributed by atoms with Crippen molar-refractivity contribution in [1.29, 1.82) is 0 Å². The van der Waals surface area contributed by atoms with E-state index in [1.807, 2.05) is 32.0 Å². The molecule has 1 aliphatic rings. The lowest BCUT2D eigenvalue weighted by Gasteiger charge is -2.34. The van der Waals surface area contributed by atoms with E-state index in [1.54, 1.807) is 29.2 Å². The van der Waals surface area contributed by atoms with Crippen molar-refractivity contribution in [3.8, 4) is 0 Å². The summed E-state index contributed by atoms with van der Waals surface area (Å²) < 4.78 is 5.22. The minimum Gasteiger partial charge on any atom is -0.452 e. The highest BCUT2D eigenvalue weighted by molar-refractivity contribution is 5.91. The summed E-state index contributed by atoms with van der Waals surface area (Å²) in [4.78, 5) is 40.5. The number of nitrogens with zero attached hydrogens (tertiary/aromatic N) is 2. The molecule has 2 aromatic carbocycles. The number of piperazine rings is 1. The molecule has 0 bridgehead atoms. The van der Waals surface area contributed by atoms with Crippen molar-refractivity contribution in [3.63, 3.8) is 0 Å². The molecule has 1 heterocycles. The van der Waals surface area contributed by atoms with E-state index in [0.717, 1.165) is 25.2 Å². The van der Waals surface area contributed by atoms with Gasteiger partial charge in [-0.1, -0.05) is 42.5 Å². The van der Waals surface area contributed by atoms with Gasteiger partial charge in [-0.05, 0) is 37.1 Å². The standard InChI is InChI=1S/C25H32N4O4/c1-19(2)27-25(32)26-16-20-8-10-22(11-9-20)24(31)33-18-23(30)29-14-12-28(13-15-29)17-21-6-4-3-5-7-21/h3-11,19H,12-18H2,1-2H3,(H2,26,27,32). The molecule has 8 nitrogen and oxygen atoms in total. The van der Waals surface area contributed by atoms with Crippen molar-refractivity contribution in [2.45, 2.75) is 33.0 Å². The summed E-state index contributed by atoms with van der Waals surface area (Å²) in [6, 6.07) is 16.8. The van der Waals surface area contributed by atoms with E-state index in [1.165, 1.54) is 5.56 Å². The molecule has 1 saturated heterocycles. The van der Waals surface area contributed by atoms with Gasteiger partial charge in [0.2, 0.25) is 0 Å². The predicted octanol–water partition coefficient (Wildman–Crippen LogP) is 2.40. The van der Waals surface area contributed by atoms with E-state index in [0.29, 0.717) is 25.2 Å². The van der Waals surface area contributed by atoms with Crippen LogP contribution < -0.4 is 10.6 Å². The molecule has 0 unspecified atom stereocenters. The van der Waals surface area contributed by atoms with Gasteiger partial charge >= 0.3 is 12.0 Å². The molecule has 2 aromatic rings. The maximum Gasteiger partial charge on any atom is 0.338 e. The maximum atomic E-state index is 12.5. The number of esters is 1. The number of hydrogen-bond acceptors (Lipinski definition) is 5. The molecule has 3 rings (SSSR count). The number of rotatable bonds is 8. The lowest BCUT2D eigenvalue weighted by molar-refractivity contribution is -0.136. The van der Waals surface area contributed by atoms with Gasteiger partial charge in [0, 0.05) is 45.3 Å². The Balaban J connectivity index is 1.38. The van der Waals surface area contributed by atoms with Crippen molar-refractivity contribution in [3.05, 3.63) is 71.3 Å². The second-order valence-corrected chi connectivity index (χ2v) is 8.40. The zero-order chi connectivity index (χ0) is 23.6. The van der Waals surface area contributed by atoms with E-state index in [4.69, 9.17) is 4.74 Å². The molecule has 1 aliphatic heterocycles. The Morgan fingerprint density at radius 2 is 1.58 bits per heavy atom. The van der Waals surface area contributed by atoms with Crippen LogP contribution in [0, 0.1) is 0 Å². The zero-order valence-electron chi connectivity index (χ0n) is 19.3. The number of ether oxygens (including phenoxy) is 1. The van der Waals surface area contributed by atoms with E-state index < -0.39 is 5.97 Å². The van der Waals surface area contributed by atoms with Crippen LogP contribution in [0.4, 0.5) is 4.79 Å². The summed E-state index contributed by atoms with van der Waals surface area (Å²) in [7, 11) is 0. The van der Waals surface area contributed by atoms with Crippen LogP contribution >= 0.6 is 0 Å². The third kappa shape index (κ3) is 7.91.